The third-order valence-electron chi connectivity index (χ3n) is 2.88. The number of nitrogen functional groups attached to an aromatic ring is 1. The Morgan fingerprint density at radius 1 is 1.35 bits per heavy atom. The predicted octanol–water partition coefficient (Wildman–Crippen LogP) is 3.77. The number of halogens is 2. The monoisotopic (exact) mass is 382 g/mol. The van der Waals surface area contributed by atoms with Crippen LogP contribution in [0, 0.1) is 27.6 Å². The van der Waals surface area contributed by atoms with Crippen molar-refractivity contribution in [2.75, 3.05) is 5.73 Å². The minimum absolute atomic E-state index is 0.265. The Morgan fingerprint density at radius 3 is 2.70 bits per heavy atom. The quantitative estimate of drug-likeness (QED) is 0.650. The molecule has 0 spiro atoms. The molecular formula is C15H12FIN2O. The van der Waals surface area contributed by atoms with Crippen molar-refractivity contribution in [3.8, 4) is 11.8 Å². The molecule has 5 heteroatoms. The first-order valence-electron chi connectivity index (χ1n) is 5.88. The SMILES string of the molecule is Cc1cc(F)ccc1COc1c(N)cc(C#N)cc1I. The Kier molecular flexibility index (Phi) is 4.45. The largest absolute Gasteiger partial charge is 0.486 e. The fraction of sp³-hybridized carbons (Fsp3) is 0.133. The van der Waals surface area contributed by atoms with E-state index in [0.717, 1.165) is 14.7 Å². The van der Waals surface area contributed by atoms with E-state index in [0.29, 0.717) is 23.6 Å². The van der Waals surface area contributed by atoms with Crippen molar-refractivity contribution in [2.24, 2.45) is 0 Å². The number of benzene rings is 2. The highest BCUT2D eigenvalue weighted by Gasteiger charge is 2.09. The van der Waals surface area contributed by atoms with Gasteiger partial charge in [-0.1, -0.05) is 6.07 Å². The van der Waals surface area contributed by atoms with E-state index in [1.807, 2.05) is 13.0 Å². The molecule has 3 nitrogen and oxygen atoms in total. The van der Waals surface area contributed by atoms with E-state index in [-0.39, 0.29) is 5.82 Å². The van der Waals surface area contributed by atoms with Gasteiger partial charge < -0.3 is 10.5 Å². The van der Waals surface area contributed by atoms with Gasteiger partial charge in [0.1, 0.15) is 12.4 Å². The molecule has 0 atom stereocenters. The van der Waals surface area contributed by atoms with Crippen LogP contribution >= 0.6 is 22.6 Å². The smallest absolute Gasteiger partial charge is 0.156 e. The van der Waals surface area contributed by atoms with Gasteiger partial charge in [0.2, 0.25) is 0 Å². The molecule has 0 fully saturated rings. The first-order valence-corrected chi connectivity index (χ1v) is 6.96. The number of nitrogens with zero attached hydrogens (tertiary/aromatic N) is 1. The Morgan fingerprint density at radius 2 is 2.10 bits per heavy atom. The minimum Gasteiger partial charge on any atom is -0.486 e. The zero-order valence-corrected chi connectivity index (χ0v) is 12.9. The van der Waals surface area contributed by atoms with Crippen LogP contribution in [0.5, 0.6) is 5.75 Å². The van der Waals surface area contributed by atoms with Gasteiger partial charge in [-0.25, -0.2) is 4.39 Å². The number of ether oxygens (including phenoxy) is 1. The number of rotatable bonds is 3. The number of hydrogen-bond donors (Lipinski definition) is 1. The maximum Gasteiger partial charge on any atom is 0.156 e. The summed E-state index contributed by atoms with van der Waals surface area (Å²) in [7, 11) is 0. The van der Waals surface area contributed by atoms with Crippen LogP contribution in [0.2, 0.25) is 0 Å². The highest BCUT2D eigenvalue weighted by atomic mass is 127. The molecule has 2 aromatic rings. The first kappa shape index (κ1) is 14.6. The second-order valence-electron chi connectivity index (χ2n) is 4.35. The van der Waals surface area contributed by atoms with Gasteiger partial charge in [0, 0.05) is 0 Å². The zero-order valence-electron chi connectivity index (χ0n) is 10.8. The van der Waals surface area contributed by atoms with E-state index in [2.05, 4.69) is 22.6 Å². The number of aryl methyl sites for hydroxylation is 1. The third-order valence-corrected chi connectivity index (χ3v) is 3.68. The summed E-state index contributed by atoms with van der Waals surface area (Å²) in [6.45, 7) is 2.13. The van der Waals surface area contributed by atoms with Gasteiger partial charge in [-0.05, 0) is 64.9 Å². The molecule has 2 rings (SSSR count). The van der Waals surface area contributed by atoms with Gasteiger partial charge in [-0.2, -0.15) is 5.26 Å². The Labute approximate surface area is 130 Å². The summed E-state index contributed by atoms with van der Waals surface area (Å²) >= 11 is 2.08. The fourth-order valence-corrected chi connectivity index (χ4v) is 2.61. The lowest BCUT2D eigenvalue weighted by Crippen LogP contribution is -2.03. The second kappa shape index (κ2) is 6.09. The van der Waals surface area contributed by atoms with Crippen LogP contribution in [-0.2, 0) is 6.61 Å². The van der Waals surface area contributed by atoms with Gasteiger partial charge in [0.25, 0.3) is 0 Å². The van der Waals surface area contributed by atoms with Gasteiger partial charge in [0.15, 0.2) is 5.75 Å². The lowest BCUT2D eigenvalue weighted by Gasteiger charge is -2.12. The molecule has 0 saturated carbocycles. The molecule has 0 aliphatic rings. The van der Waals surface area contributed by atoms with Gasteiger partial charge >= 0.3 is 0 Å². The van der Waals surface area contributed by atoms with Crippen molar-refractivity contribution < 1.29 is 9.13 Å². The summed E-state index contributed by atoms with van der Waals surface area (Å²) in [5.74, 6) is 0.284. The molecular weight excluding hydrogens is 370 g/mol. The molecule has 2 N–H and O–H groups in total. The Hall–Kier alpha value is -1.81. The lowest BCUT2D eigenvalue weighted by atomic mass is 10.1. The molecule has 20 heavy (non-hydrogen) atoms. The maximum absolute atomic E-state index is 13.0. The molecule has 0 bridgehead atoms. The van der Waals surface area contributed by atoms with Crippen molar-refractivity contribution in [3.05, 3.63) is 56.4 Å². The lowest BCUT2D eigenvalue weighted by molar-refractivity contribution is 0.305. The molecule has 0 radical (unpaired) electrons. The van der Waals surface area contributed by atoms with Gasteiger partial charge in [-0.15, -0.1) is 0 Å². The van der Waals surface area contributed by atoms with Crippen LogP contribution in [0.4, 0.5) is 10.1 Å². The summed E-state index contributed by atoms with van der Waals surface area (Å²) in [5, 5.41) is 8.86. The molecule has 0 unspecified atom stereocenters. The van der Waals surface area contributed by atoms with Gasteiger partial charge in [0.05, 0.1) is 20.9 Å². The van der Waals surface area contributed by atoms with Gasteiger partial charge in [-0.3, -0.25) is 0 Å². The summed E-state index contributed by atoms with van der Waals surface area (Å²) in [5.41, 5.74) is 8.53. The molecule has 0 aliphatic carbocycles. The van der Waals surface area contributed by atoms with Crippen LogP contribution in [0.1, 0.15) is 16.7 Å². The van der Waals surface area contributed by atoms with E-state index in [1.54, 1.807) is 18.2 Å². The van der Waals surface area contributed by atoms with E-state index in [4.69, 9.17) is 15.7 Å². The van der Waals surface area contributed by atoms with Crippen LogP contribution in [0.25, 0.3) is 0 Å². The summed E-state index contributed by atoms with van der Waals surface area (Å²) < 4.78 is 19.5. The summed E-state index contributed by atoms with van der Waals surface area (Å²) in [4.78, 5) is 0. The zero-order chi connectivity index (χ0) is 14.7. The van der Waals surface area contributed by atoms with E-state index in [9.17, 15) is 4.39 Å². The minimum atomic E-state index is -0.265. The van der Waals surface area contributed by atoms with E-state index < -0.39 is 0 Å². The summed E-state index contributed by atoms with van der Waals surface area (Å²) in [6.07, 6.45) is 0. The third kappa shape index (κ3) is 3.20. The molecule has 2 aromatic carbocycles. The topological polar surface area (TPSA) is 59.0 Å². The predicted molar refractivity (Wildman–Crippen MR) is 83.8 cm³/mol. The van der Waals surface area contributed by atoms with Crippen LogP contribution in [-0.4, -0.2) is 0 Å². The molecule has 0 heterocycles. The Balaban J connectivity index is 2.21. The van der Waals surface area contributed by atoms with Crippen molar-refractivity contribution >= 4 is 28.3 Å². The van der Waals surface area contributed by atoms with Crippen molar-refractivity contribution in [1.82, 2.24) is 0 Å². The van der Waals surface area contributed by atoms with E-state index in [1.165, 1.54) is 12.1 Å². The fourth-order valence-electron chi connectivity index (χ4n) is 1.80. The maximum atomic E-state index is 13.0. The summed E-state index contributed by atoms with van der Waals surface area (Å²) in [6, 6.07) is 9.89. The average Bonchev–Trinajstić information content (AvgIpc) is 2.39. The first-order chi connectivity index (χ1) is 9.51. The standard InChI is InChI=1S/C15H12FIN2O/c1-9-4-12(16)3-2-11(9)8-20-15-13(17)5-10(7-18)6-14(15)19/h2-6H,8,19H2,1H3. The van der Waals surface area contributed by atoms with Crippen molar-refractivity contribution in [2.45, 2.75) is 13.5 Å². The van der Waals surface area contributed by atoms with Crippen LogP contribution < -0.4 is 10.5 Å². The van der Waals surface area contributed by atoms with Crippen LogP contribution in [0.15, 0.2) is 30.3 Å². The number of nitriles is 1. The Bertz CT molecular complexity index is 672. The highest BCUT2D eigenvalue weighted by Crippen LogP contribution is 2.30. The normalized spacial score (nSPS) is 10.1. The molecule has 0 aromatic heterocycles. The van der Waals surface area contributed by atoms with Crippen molar-refractivity contribution in [3.63, 3.8) is 0 Å². The number of anilines is 1. The van der Waals surface area contributed by atoms with E-state index >= 15 is 0 Å². The average molecular weight is 382 g/mol. The second-order valence-corrected chi connectivity index (χ2v) is 5.51. The molecule has 102 valence electrons. The number of hydrogen-bond acceptors (Lipinski definition) is 3. The molecule has 0 aliphatic heterocycles. The molecule has 0 amide bonds. The highest BCUT2D eigenvalue weighted by molar-refractivity contribution is 14.1. The van der Waals surface area contributed by atoms with Crippen molar-refractivity contribution in [1.29, 1.82) is 5.26 Å². The van der Waals surface area contributed by atoms with Crippen LogP contribution in [0.3, 0.4) is 0 Å². The molecule has 0 saturated heterocycles. The number of nitrogens with two attached hydrogens (primary N) is 1.